The van der Waals surface area contributed by atoms with E-state index in [1.165, 1.54) is 0 Å². The zero-order chi connectivity index (χ0) is 11.1. The molecule has 1 aromatic carbocycles. The van der Waals surface area contributed by atoms with Crippen LogP contribution in [-0.2, 0) is 11.3 Å². The van der Waals surface area contributed by atoms with Gasteiger partial charge in [0.05, 0.1) is 12.1 Å². The molecule has 1 heterocycles. The Bertz CT molecular complexity index is 490. The summed E-state index contributed by atoms with van der Waals surface area (Å²) >= 11 is 0. The molecule has 0 bridgehead atoms. The molecule has 0 N–H and O–H groups in total. The van der Waals surface area contributed by atoms with Crippen molar-refractivity contribution in [3.8, 4) is 0 Å². The van der Waals surface area contributed by atoms with Gasteiger partial charge in [-0.25, -0.2) is 0 Å². The monoisotopic (exact) mass is 215 g/mol. The number of nitrogens with zero attached hydrogens (tertiary/aromatic N) is 1. The van der Waals surface area contributed by atoms with E-state index >= 15 is 0 Å². The van der Waals surface area contributed by atoms with Gasteiger partial charge in [0.25, 0.3) is 0 Å². The Morgan fingerprint density at radius 3 is 2.94 bits per heavy atom. The van der Waals surface area contributed by atoms with E-state index in [4.69, 9.17) is 4.84 Å². The van der Waals surface area contributed by atoms with Crippen LogP contribution in [0.3, 0.4) is 0 Å². The maximum Gasteiger partial charge on any atom is 0.194 e. The molecule has 0 aromatic heterocycles. The molecule has 1 aliphatic heterocycles. The van der Waals surface area contributed by atoms with Crippen LogP contribution in [0.4, 0.5) is 0 Å². The van der Waals surface area contributed by atoms with Crippen LogP contribution in [-0.4, -0.2) is 24.4 Å². The molecule has 3 heteroatoms. The number of carbonyl (C=O) groups is 1. The number of carbonyl (C=O) groups excluding carboxylic acids is 1. The minimum atomic E-state index is 0.132. The van der Waals surface area contributed by atoms with Crippen LogP contribution in [0.15, 0.2) is 35.6 Å². The number of hydroxylamine groups is 2. The van der Waals surface area contributed by atoms with E-state index in [0.29, 0.717) is 6.54 Å². The Balaban J connectivity index is 2.07. The maximum atomic E-state index is 12.3. The van der Waals surface area contributed by atoms with E-state index in [9.17, 15) is 4.79 Å². The second-order valence-electron chi connectivity index (χ2n) is 4.27. The first-order valence-electron chi connectivity index (χ1n) is 5.49. The smallest absolute Gasteiger partial charge is 0.194 e. The van der Waals surface area contributed by atoms with Gasteiger partial charge in [0.15, 0.2) is 5.78 Å². The van der Waals surface area contributed by atoms with Crippen LogP contribution in [0.1, 0.15) is 22.3 Å². The van der Waals surface area contributed by atoms with Gasteiger partial charge in [-0.15, -0.1) is 5.06 Å². The number of likely N-dealkylation sites (N-methyl/N-ethyl adjacent to an activating group) is 1. The highest BCUT2D eigenvalue weighted by Gasteiger charge is 2.30. The summed E-state index contributed by atoms with van der Waals surface area (Å²) in [5, 5.41) is 1.72. The fourth-order valence-corrected chi connectivity index (χ4v) is 2.35. The van der Waals surface area contributed by atoms with Gasteiger partial charge in [-0.05, 0) is 12.0 Å². The molecule has 0 amide bonds. The molecule has 16 heavy (non-hydrogen) atoms. The SMILES string of the molecule is CN1CC2=C(CCc3ccccc3C2=O)O1. The molecule has 3 nitrogen and oxygen atoms in total. The normalized spacial score (nSPS) is 20.2. The van der Waals surface area contributed by atoms with Crippen LogP contribution in [0.5, 0.6) is 0 Å². The average Bonchev–Trinajstić information content (AvgIpc) is 2.62. The molecule has 0 saturated carbocycles. The Morgan fingerprint density at radius 2 is 2.06 bits per heavy atom. The van der Waals surface area contributed by atoms with Crippen molar-refractivity contribution in [2.45, 2.75) is 12.8 Å². The third-order valence-electron chi connectivity index (χ3n) is 3.14. The zero-order valence-corrected chi connectivity index (χ0v) is 9.19. The summed E-state index contributed by atoms with van der Waals surface area (Å²) in [5.41, 5.74) is 2.80. The Morgan fingerprint density at radius 1 is 1.25 bits per heavy atom. The first-order valence-corrected chi connectivity index (χ1v) is 5.49. The Labute approximate surface area is 94.3 Å². The number of aryl methyl sites for hydroxylation is 1. The number of ketones is 1. The van der Waals surface area contributed by atoms with E-state index in [0.717, 1.165) is 35.3 Å². The lowest BCUT2D eigenvalue weighted by Gasteiger charge is -2.10. The Kier molecular flexibility index (Phi) is 2.07. The van der Waals surface area contributed by atoms with E-state index in [1.807, 2.05) is 31.3 Å². The lowest BCUT2D eigenvalue weighted by molar-refractivity contribution is -0.0697. The standard InChI is InChI=1S/C13H13NO2/c1-14-8-11-12(16-14)7-6-9-4-2-3-5-10(9)13(11)15/h2-5H,6-8H2,1H3. The minimum absolute atomic E-state index is 0.132. The van der Waals surface area contributed by atoms with Crippen LogP contribution >= 0.6 is 0 Å². The zero-order valence-electron chi connectivity index (χ0n) is 9.19. The van der Waals surface area contributed by atoms with Gasteiger partial charge in [-0.3, -0.25) is 4.79 Å². The summed E-state index contributed by atoms with van der Waals surface area (Å²) in [5.74, 6) is 0.983. The number of rotatable bonds is 0. The molecular weight excluding hydrogens is 202 g/mol. The summed E-state index contributed by atoms with van der Waals surface area (Å²) in [4.78, 5) is 17.8. The van der Waals surface area contributed by atoms with Gasteiger partial charge in [-0.1, -0.05) is 24.3 Å². The quantitative estimate of drug-likeness (QED) is 0.662. The predicted octanol–water partition coefficient (Wildman–Crippen LogP) is 1.95. The minimum Gasteiger partial charge on any atom is -0.410 e. The summed E-state index contributed by atoms with van der Waals surface area (Å²) in [7, 11) is 1.85. The van der Waals surface area contributed by atoms with Crippen LogP contribution in [0.25, 0.3) is 0 Å². The van der Waals surface area contributed by atoms with Crippen molar-refractivity contribution < 1.29 is 9.63 Å². The van der Waals surface area contributed by atoms with Crippen LogP contribution < -0.4 is 0 Å². The highest BCUT2D eigenvalue weighted by atomic mass is 16.7. The highest BCUT2D eigenvalue weighted by molar-refractivity contribution is 6.10. The van der Waals surface area contributed by atoms with Gasteiger partial charge in [0, 0.05) is 19.0 Å². The topological polar surface area (TPSA) is 29.5 Å². The van der Waals surface area contributed by atoms with Crippen molar-refractivity contribution >= 4 is 5.78 Å². The Hall–Kier alpha value is -1.61. The molecule has 0 saturated heterocycles. The van der Waals surface area contributed by atoms with Crippen molar-refractivity contribution in [3.63, 3.8) is 0 Å². The molecule has 82 valence electrons. The second-order valence-corrected chi connectivity index (χ2v) is 4.27. The number of Topliss-reactive ketones (excluding diaryl/α,β-unsaturated/α-hetero) is 1. The van der Waals surface area contributed by atoms with Crippen molar-refractivity contribution in [2.75, 3.05) is 13.6 Å². The van der Waals surface area contributed by atoms with Gasteiger partial charge in [0.1, 0.15) is 5.76 Å². The van der Waals surface area contributed by atoms with Crippen LogP contribution in [0.2, 0.25) is 0 Å². The van der Waals surface area contributed by atoms with Gasteiger partial charge < -0.3 is 4.84 Å². The molecule has 3 rings (SSSR count). The second kappa shape index (κ2) is 3.46. The highest BCUT2D eigenvalue weighted by Crippen LogP contribution is 2.30. The molecular formula is C13H13NO2. The molecule has 1 aliphatic carbocycles. The molecule has 1 aromatic rings. The molecule has 0 fully saturated rings. The summed E-state index contributed by atoms with van der Waals surface area (Å²) in [6.45, 7) is 0.600. The largest absolute Gasteiger partial charge is 0.410 e. The third-order valence-corrected chi connectivity index (χ3v) is 3.14. The number of hydrogen-bond donors (Lipinski definition) is 0. The first kappa shape index (κ1) is 9.60. The van der Waals surface area contributed by atoms with Gasteiger partial charge in [0.2, 0.25) is 0 Å². The van der Waals surface area contributed by atoms with Crippen molar-refractivity contribution in [1.29, 1.82) is 0 Å². The summed E-state index contributed by atoms with van der Waals surface area (Å²) < 4.78 is 0. The van der Waals surface area contributed by atoms with E-state index in [-0.39, 0.29) is 5.78 Å². The van der Waals surface area contributed by atoms with Crippen LogP contribution in [0, 0.1) is 0 Å². The third kappa shape index (κ3) is 1.36. The molecule has 0 spiro atoms. The van der Waals surface area contributed by atoms with E-state index < -0.39 is 0 Å². The molecule has 0 radical (unpaired) electrons. The first-order chi connectivity index (χ1) is 7.75. The van der Waals surface area contributed by atoms with Gasteiger partial charge in [-0.2, -0.15) is 0 Å². The van der Waals surface area contributed by atoms with E-state index in [1.54, 1.807) is 5.06 Å². The number of hydrogen-bond acceptors (Lipinski definition) is 3. The van der Waals surface area contributed by atoms with Crippen molar-refractivity contribution in [2.24, 2.45) is 0 Å². The summed E-state index contributed by atoms with van der Waals surface area (Å²) in [6.07, 6.45) is 1.71. The fraction of sp³-hybridized carbons (Fsp3) is 0.308. The van der Waals surface area contributed by atoms with E-state index in [2.05, 4.69) is 0 Å². The summed E-state index contributed by atoms with van der Waals surface area (Å²) in [6, 6.07) is 7.84. The molecule has 2 aliphatic rings. The number of fused-ring (bicyclic) bond motifs is 1. The maximum absolute atomic E-state index is 12.3. The predicted molar refractivity (Wildman–Crippen MR) is 59.8 cm³/mol. The average molecular weight is 215 g/mol. The molecule has 0 atom stereocenters. The lowest BCUT2D eigenvalue weighted by atomic mass is 10.00. The fourth-order valence-electron chi connectivity index (χ4n) is 2.35. The van der Waals surface area contributed by atoms with Gasteiger partial charge >= 0.3 is 0 Å². The number of benzene rings is 1. The molecule has 0 unspecified atom stereocenters. The number of allylic oxidation sites excluding steroid dienone is 1. The van der Waals surface area contributed by atoms with Crippen molar-refractivity contribution in [3.05, 3.63) is 46.7 Å². The lowest BCUT2D eigenvalue weighted by Crippen LogP contribution is -2.16. The van der Waals surface area contributed by atoms with Crippen molar-refractivity contribution in [1.82, 2.24) is 5.06 Å².